The topological polar surface area (TPSA) is 49.9 Å². The van der Waals surface area contributed by atoms with Crippen molar-refractivity contribution in [3.05, 3.63) is 21.9 Å². The maximum atomic E-state index is 12.6. The first kappa shape index (κ1) is 15.3. The zero-order chi connectivity index (χ0) is 15.5. The summed E-state index contributed by atoms with van der Waals surface area (Å²) >= 11 is 1.78. The number of rotatable bonds is 2. The lowest BCUT2D eigenvalue weighted by molar-refractivity contribution is -0.149. The molecule has 1 fully saturated rings. The molecule has 0 unspecified atom stereocenters. The Labute approximate surface area is 134 Å². The molecule has 0 atom stereocenters. The molecule has 0 bridgehead atoms. The third kappa shape index (κ3) is 3.11. The summed E-state index contributed by atoms with van der Waals surface area (Å²) in [6, 6.07) is 2.23. The van der Waals surface area contributed by atoms with Crippen LogP contribution in [0.3, 0.4) is 0 Å². The summed E-state index contributed by atoms with van der Waals surface area (Å²) in [5.74, 6) is -0.163. The number of nitrogens with zero attached hydrogens (tertiary/aromatic N) is 2. The van der Waals surface area contributed by atoms with Gasteiger partial charge in [0, 0.05) is 31.1 Å². The lowest BCUT2D eigenvalue weighted by atomic mass is 9.97. The number of amides is 2. The van der Waals surface area contributed by atoms with Gasteiger partial charge in [-0.1, -0.05) is 0 Å². The van der Waals surface area contributed by atoms with Gasteiger partial charge in [0.25, 0.3) is 0 Å². The van der Waals surface area contributed by atoms with Crippen molar-refractivity contribution in [3.8, 4) is 0 Å². The maximum Gasteiger partial charge on any atom is 0.320 e. The molecule has 0 radical (unpaired) electrons. The van der Waals surface area contributed by atoms with Gasteiger partial charge in [-0.3, -0.25) is 4.79 Å². The predicted octanol–water partition coefficient (Wildman–Crippen LogP) is 2.50. The second-order valence-corrected chi connectivity index (χ2v) is 6.84. The molecule has 2 amide bonds. The van der Waals surface area contributed by atoms with Crippen LogP contribution in [0.15, 0.2) is 11.4 Å². The molecule has 1 saturated heterocycles. The van der Waals surface area contributed by atoms with Gasteiger partial charge in [-0.15, -0.1) is 11.3 Å². The van der Waals surface area contributed by atoms with Gasteiger partial charge in [0.2, 0.25) is 0 Å². The van der Waals surface area contributed by atoms with Crippen molar-refractivity contribution < 1.29 is 14.3 Å². The number of carbonyl (C=O) groups is 2. The first-order valence-electron chi connectivity index (χ1n) is 7.94. The second kappa shape index (κ2) is 6.69. The third-order valence-corrected chi connectivity index (χ3v) is 5.49. The summed E-state index contributed by atoms with van der Waals surface area (Å²) in [5, 5.41) is 2.10. The molecule has 0 saturated carbocycles. The Balaban J connectivity index is 1.53. The number of urea groups is 1. The number of thiophene rings is 1. The molecular weight excluding hydrogens is 300 g/mol. The Hall–Kier alpha value is -1.56. The standard InChI is InChI=1S/C16H22N2O3S/c1-2-21-15(19)12-3-7-17(8-4-12)16(20)18-9-5-14-13(11-18)6-10-22-14/h6,10,12H,2-5,7-9,11H2,1H3. The van der Waals surface area contributed by atoms with Crippen LogP contribution in [0, 0.1) is 5.92 Å². The minimum absolute atomic E-state index is 0.0474. The number of piperidine rings is 1. The highest BCUT2D eigenvalue weighted by Gasteiger charge is 2.31. The Morgan fingerprint density at radius 2 is 2.05 bits per heavy atom. The highest BCUT2D eigenvalue weighted by molar-refractivity contribution is 7.10. The van der Waals surface area contributed by atoms with E-state index in [1.165, 1.54) is 10.4 Å². The molecular formula is C16H22N2O3S. The van der Waals surface area contributed by atoms with E-state index < -0.39 is 0 Å². The zero-order valence-corrected chi connectivity index (χ0v) is 13.7. The first-order valence-corrected chi connectivity index (χ1v) is 8.82. The summed E-state index contributed by atoms with van der Waals surface area (Å²) in [5.41, 5.74) is 1.28. The normalized spacial score (nSPS) is 19.0. The fourth-order valence-electron chi connectivity index (χ4n) is 3.18. The van der Waals surface area contributed by atoms with Gasteiger partial charge in [0.1, 0.15) is 0 Å². The molecule has 3 rings (SSSR count). The van der Waals surface area contributed by atoms with Crippen molar-refractivity contribution in [3.63, 3.8) is 0 Å². The smallest absolute Gasteiger partial charge is 0.320 e. The van der Waals surface area contributed by atoms with Crippen LogP contribution in [-0.2, 0) is 22.5 Å². The summed E-state index contributed by atoms with van der Waals surface area (Å²) in [4.78, 5) is 29.6. The Morgan fingerprint density at radius 1 is 1.27 bits per heavy atom. The van der Waals surface area contributed by atoms with Gasteiger partial charge in [-0.25, -0.2) is 4.79 Å². The van der Waals surface area contributed by atoms with Crippen LogP contribution in [0.1, 0.15) is 30.2 Å². The van der Waals surface area contributed by atoms with Crippen molar-refractivity contribution in [2.45, 2.75) is 32.7 Å². The average molecular weight is 322 g/mol. The fourth-order valence-corrected chi connectivity index (χ4v) is 4.07. The molecule has 6 heteroatoms. The molecule has 0 N–H and O–H groups in total. The Kier molecular flexibility index (Phi) is 4.66. The van der Waals surface area contributed by atoms with E-state index in [4.69, 9.17) is 4.74 Å². The molecule has 2 aliphatic rings. The van der Waals surface area contributed by atoms with Gasteiger partial charge in [0.15, 0.2) is 0 Å². The van der Waals surface area contributed by atoms with Gasteiger partial charge in [-0.05, 0) is 43.2 Å². The van der Waals surface area contributed by atoms with E-state index >= 15 is 0 Å². The lowest BCUT2D eigenvalue weighted by Crippen LogP contribution is -2.48. The second-order valence-electron chi connectivity index (χ2n) is 5.84. The zero-order valence-electron chi connectivity index (χ0n) is 12.9. The SMILES string of the molecule is CCOC(=O)C1CCN(C(=O)N2CCc3sccc3C2)CC1. The molecule has 0 spiro atoms. The van der Waals surface area contributed by atoms with Crippen LogP contribution < -0.4 is 0 Å². The largest absolute Gasteiger partial charge is 0.466 e. The van der Waals surface area contributed by atoms with Gasteiger partial charge < -0.3 is 14.5 Å². The van der Waals surface area contributed by atoms with E-state index in [2.05, 4.69) is 11.4 Å². The van der Waals surface area contributed by atoms with E-state index in [-0.39, 0.29) is 17.9 Å². The molecule has 120 valence electrons. The summed E-state index contributed by atoms with van der Waals surface area (Å²) in [7, 11) is 0. The minimum Gasteiger partial charge on any atom is -0.466 e. The number of carbonyl (C=O) groups excluding carboxylic acids is 2. The number of likely N-dealkylation sites (tertiary alicyclic amines) is 1. The number of esters is 1. The number of fused-ring (bicyclic) bond motifs is 1. The average Bonchev–Trinajstić information content (AvgIpc) is 3.02. The number of hydrogen-bond donors (Lipinski definition) is 0. The molecule has 1 aromatic rings. The van der Waals surface area contributed by atoms with Gasteiger partial charge >= 0.3 is 12.0 Å². The molecule has 2 aliphatic heterocycles. The summed E-state index contributed by atoms with van der Waals surface area (Å²) in [6.07, 6.45) is 2.38. The van der Waals surface area contributed by atoms with Crippen molar-refractivity contribution in [1.82, 2.24) is 9.80 Å². The predicted molar refractivity (Wildman–Crippen MR) is 84.8 cm³/mol. The minimum atomic E-state index is -0.115. The van der Waals surface area contributed by atoms with E-state index in [0.29, 0.717) is 32.5 Å². The van der Waals surface area contributed by atoms with Crippen LogP contribution in [-0.4, -0.2) is 48.0 Å². The third-order valence-electron chi connectivity index (χ3n) is 4.46. The van der Waals surface area contributed by atoms with Crippen LogP contribution in [0.4, 0.5) is 4.79 Å². The van der Waals surface area contributed by atoms with E-state index in [1.54, 1.807) is 11.3 Å². The number of ether oxygens (including phenoxy) is 1. The molecule has 0 aliphatic carbocycles. The van der Waals surface area contributed by atoms with Crippen LogP contribution in [0.25, 0.3) is 0 Å². The lowest BCUT2D eigenvalue weighted by Gasteiger charge is -2.36. The molecule has 22 heavy (non-hydrogen) atoms. The van der Waals surface area contributed by atoms with Crippen LogP contribution in [0.5, 0.6) is 0 Å². The van der Waals surface area contributed by atoms with Crippen LogP contribution in [0.2, 0.25) is 0 Å². The highest BCUT2D eigenvalue weighted by Crippen LogP contribution is 2.26. The van der Waals surface area contributed by atoms with E-state index in [0.717, 1.165) is 19.5 Å². The molecule has 1 aromatic heterocycles. The van der Waals surface area contributed by atoms with Crippen molar-refractivity contribution in [1.29, 1.82) is 0 Å². The molecule has 3 heterocycles. The molecule has 5 nitrogen and oxygen atoms in total. The van der Waals surface area contributed by atoms with Gasteiger partial charge in [-0.2, -0.15) is 0 Å². The summed E-state index contributed by atoms with van der Waals surface area (Å²) < 4.78 is 5.07. The van der Waals surface area contributed by atoms with Crippen molar-refractivity contribution in [2.75, 3.05) is 26.2 Å². The number of hydrogen-bond acceptors (Lipinski definition) is 4. The fraction of sp³-hybridized carbons (Fsp3) is 0.625. The Bertz CT molecular complexity index is 549. The monoisotopic (exact) mass is 322 g/mol. The van der Waals surface area contributed by atoms with Gasteiger partial charge in [0.05, 0.1) is 12.5 Å². The van der Waals surface area contributed by atoms with Crippen molar-refractivity contribution in [2.24, 2.45) is 5.92 Å². The van der Waals surface area contributed by atoms with E-state index in [1.807, 2.05) is 16.7 Å². The maximum absolute atomic E-state index is 12.6. The summed E-state index contributed by atoms with van der Waals surface area (Å²) in [6.45, 7) is 5.06. The molecule has 0 aromatic carbocycles. The highest BCUT2D eigenvalue weighted by atomic mass is 32.1. The Morgan fingerprint density at radius 3 is 2.77 bits per heavy atom. The van der Waals surface area contributed by atoms with Crippen LogP contribution >= 0.6 is 11.3 Å². The quantitative estimate of drug-likeness (QED) is 0.786. The first-order chi connectivity index (χ1) is 10.7. The van der Waals surface area contributed by atoms with Crippen molar-refractivity contribution >= 4 is 23.3 Å². The van der Waals surface area contributed by atoms with E-state index in [9.17, 15) is 9.59 Å².